The maximum Gasteiger partial charge on any atom is 0.416 e. The Morgan fingerprint density at radius 2 is 1.58 bits per heavy atom. The van der Waals surface area contributed by atoms with Crippen LogP contribution < -0.4 is 0 Å². The molecule has 2 aliphatic heterocycles. The zero-order chi connectivity index (χ0) is 18.1. The molecule has 2 aromatic rings. The molecule has 1 saturated heterocycles. The van der Waals surface area contributed by atoms with Gasteiger partial charge in [-0.1, -0.05) is 47.6 Å². The molecule has 7 heteroatoms. The van der Waals surface area contributed by atoms with Gasteiger partial charge in [0, 0.05) is 5.56 Å². The van der Waals surface area contributed by atoms with Crippen LogP contribution in [0.4, 0.5) is 13.2 Å². The predicted molar refractivity (Wildman–Crippen MR) is 87.4 cm³/mol. The molecule has 1 fully saturated rings. The molecule has 0 N–H and O–H groups in total. The number of halogens is 3. The summed E-state index contributed by atoms with van der Waals surface area (Å²) in [6.07, 6.45) is -5.37. The predicted octanol–water partition coefficient (Wildman–Crippen LogP) is 4.17. The lowest BCUT2D eigenvalue weighted by molar-refractivity contribution is -0.141. The third-order valence-corrected chi connectivity index (χ3v) is 4.51. The van der Waals surface area contributed by atoms with Crippen LogP contribution in [0.2, 0.25) is 0 Å². The lowest BCUT2D eigenvalue weighted by Gasteiger charge is -2.17. The molecule has 4 rings (SSSR count). The number of hydrogen-bond acceptors (Lipinski definition) is 4. The second-order valence-electron chi connectivity index (χ2n) is 6.21. The van der Waals surface area contributed by atoms with E-state index in [4.69, 9.17) is 14.3 Å². The van der Waals surface area contributed by atoms with E-state index >= 15 is 0 Å². The summed E-state index contributed by atoms with van der Waals surface area (Å²) < 4.78 is 49.6. The smallest absolute Gasteiger partial charge is 0.389 e. The van der Waals surface area contributed by atoms with Crippen molar-refractivity contribution in [3.8, 4) is 0 Å². The minimum atomic E-state index is -4.37. The van der Waals surface area contributed by atoms with Gasteiger partial charge in [0.15, 0.2) is 12.4 Å². The maximum absolute atomic E-state index is 12.7. The Balaban J connectivity index is 1.48. The van der Waals surface area contributed by atoms with E-state index in [2.05, 4.69) is 5.16 Å². The van der Waals surface area contributed by atoms with Crippen molar-refractivity contribution in [1.29, 1.82) is 0 Å². The first-order chi connectivity index (χ1) is 12.5. The van der Waals surface area contributed by atoms with Crippen LogP contribution in [0.3, 0.4) is 0 Å². The Hall–Kier alpha value is -2.38. The zero-order valence-electron chi connectivity index (χ0n) is 13.6. The minimum Gasteiger partial charge on any atom is -0.389 e. The second kappa shape index (κ2) is 6.74. The molecule has 136 valence electrons. The molecule has 0 unspecified atom stereocenters. The van der Waals surface area contributed by atoms with E-state index in [1.165, 1.54) is 12.1 Å². The molecule has 2 aliphatic rings. The molecule has 4 nitrogen and oxygen atoms in total. The van der Waals surface area contributed by atoms with Crippen LogP contribution >= 0.6 is 0 Å². The molecule has 0 amide bonds. The maximum atomic E-state index is 12.7. The molecule has 0 radical (unpaired) electrons. The normalized spacial score (nSPS) is 25.8. The van der Waals surface area contributed by atoms with Gasteiger partial charge < -0.3 is 14.3 Å². The monoisotopic (exact) mass is 363 g/mol. The fraction of sp³-hybridized carbons (Fsp3) is 0.316. The van der Waals surface area contributed by atoms with Crippen LogP contribution in [-0.4, -0.2) is 25.0 Å². The SMILES string of the molecule is FC(F)(F)c1ccc([C@H]2OC[C@@H]3ON=C(c4ccccc4)[C@@H]3CO2)cc1. The van der Waals surface area contributed by atoms with Crippen molar-refractivity contribution in [2.45, 2.75) is 18.6 Å². The number of ether oxygens (including phenoxy) is 2. The third-order valence-electron chi connectivity index (χ3n) is 4.51. The van der Waals surface area contributed by atoms with Gasteiger partial charge in [0.25, 0.3) is 0 Å². The van der Waals surface area contributed by atoms with Crippen molar-refractivity contribution in [1.82, 2.24) is 0 Å². The summed E-state index contributed by atoms with van der Waals surface area (Å²) in [5, 5.41) is 4.16. The van der Waals surface area contributed by atoms with Crippen LogP contribution in [0.15, 0.2) is 59.8 Å². The third kappa shape index (κ3) is 3.32. The van der Waals surface area contributed by atoms with Crippen molar-refractivity contribution in [2.24, 2.45) is 11.1 Å². The number of nitrogens with zero attached hydrogens (tertiary/aromatic N) is 1. The Labute approximate surface area is 148 Å². The lowest BCUT2D eigenvalue weighted by Crippen LogP contribution is -2.29. The van der Waals surface area contributed by atoms with Gasteiger partial charge in [0.1, 0.15) is 0 Å². The van der Waals surface area contributed by atoms with Crippen molar-refractivity contribution < 1.29 is 27.5 Å². The van der Waals surface area contributed by atoms with Crippen molar-refractivity contribution >= 4 is 5.71 Å². The number of hydrogen-bond donors (Lipinski definition) is 0. The van der Waals surface area contributed by atoms with Gasteiger partial charge in [0.05, 0.1) is 30.4 Å². The van der Waals surface area contributed by atoms with Gasteiger partial charge in [-0.05, 0) is 17.7 Å². The summed E-state index contributed by atoms with van der Waals surface area (Å²) in [5.41, 5.74) is 1.59. The molecule has 0 aromatic heterocycles. The zero-order valence-corrected chi connectivity index (χ0v) is 13.6. The summed E-state index contributed by atoms with van der Waals surface area (Å²) in [7, 11) is 0. The molecule has 0 aliphatic carbocycles. The molecule has 2 aromatic carbocycles. The van der Waals surface area contributed by atoms with E-state index in [1.807, 2.05) is 30.3 Å². The Morgan fingerprint density at radius 3 is 2.27 bits per heavy atom. The van der Waals surface area contributed by atoms with Crippen LogP contribution in [0.25, 0.3) is 0 Å². The molecule has 0 bridgehead atoms. The van der Waals surface area contributed by atoms with E-state index in [-0.39, 0.29) is 18.6 Å². The molecule has 3 atom stereocenters. The molecule has 0 spiro atoms. The Morgan fingerprint density at radius 1 is 0.885 bits per heavy atom. The summed E-state index contributed by atoms with van der Waals surface area (Å²) in [6.45, 7) is 0.556. The van der Waals surface area contributed by atoms with E-state index < -0.39 is 18.0 Å². The van der Waals surface area contributed by atoms with Crippen molar-refractivity contribution in [2.75, 3.05) is 13.2 Å². The lowest BCUT2D eigenvalue weighted by atomic mass is 9.93. The number of fused-ring (bicyclic) bond motifs is 1. The Bertz CT molecular complexity index is 790. The number of benzene rings is 2. The average molecular weight is 363 g/mol. The molecule has 26 heavy (non-hydrogen) atoms. The van der Waals surface area contributed by atoms with E-state index in [9.17, 15) is 13.2 Å². The molecule has 2 heterocycles. The van der Waals surface area contributed by atoms with Gasteiger partial charge in [-0.15, -0.1) is 0 Å². The number of oxime groups is 1. The molecule has 0 saturated carbocycles. The van der Waals surface area contributed by atoms with Crippen LogP contribution in [0.5, 0.6) is 0 Å². The highest BCUT2D eigenvalue weighted by molar-refractivity contribution is 6.03. The van der Waals surface area contributed by atoms with Crippen molar-refractivity contribution in [3.05, 3.63) is 71.3 Å². The van der Waals surface area contributed by atoms with E-state index in [1.54, 1.807) is 0 Å². The quantitative estimate of drug-likeness (QED) is 0.804. The van der Waals surface area contributed by atoms with Crippen molar-refractivity contribution in [3.63, 3.8) is 0 Å². The highest BCUT2D eigenvalue weighted by Gasteiger charge is 2.39. The van der Waals surface area contributed by atoms with Crippen LogP contribution in [-0.2, 0) is 20.5 Å². The Kier molecular flexibility index (Phi) is 4.42. The molecular weight excluding hydrogens is 347 g/mol. The van der Waals surface area contributed by atoms with Gasteiger partial charge in [-0.3, -0.25) is 0 Å². The minimum absolute atomic E-state index is 0.0863. The fourth-order valence-electron chi connectivity index (χ4n) is 3.09. The van der Waals surface area contributed by atoms with E-state index in [0.717, 1.165) is 23.4 Å². The number of alkyl halides is 3. The fourth-order valence-corrected chi connectivity index (χ4v) is 3.09. The summed E-state index contributed by atoms with van der Waals surface area (Å²) in [6, 6.07) is 14.5. The summed E-state index contributed by atoms with van der Waals surface area (Å²) in [4.78, 5) is 5.49. The van der Waals surface area contributed by atoms with Gasteiger partial charge in [0.2, 0.25) is 0 Å². The van der Waals surface area contributed by atoms with Gasteiger partial charge >= 0.3 is 6.18 Å². The first-order valence-electron chi connectivity index (χ1n) is 8.22. The first-order valence-corrected chi connectivity index (χ1v) is 8.22. The highest BCUT2D eigenvalue weighted by Crippen LogP contribution is 2.33. The van der Waals surface area contributed by atoms with Gasteiger partial charge in [-0.25, -0.2) is 0 Å². The number of rotatable bonds is 2. The summed E-state index contributed by atoms with van der Waals surface area (Å²) >= 11 is 0. The average Bonchev–Trinajstić information content (AvgIpc) is 2.93. The largest absolute Gasteiger partial charge is 0.416 e. The topological polar surface area (TPSA) is 40.0 Å². The summed E-state index contributed by atoms with van der Waals surface area (Å²) in [5.74, 6) is -0.0863. The standard InChI is InChI=1S/C19H16F3NO3/c20-19(21,22)14-8-6-13(7-9-14)18-24-10-15-16(11-25-18)26-23-17(15)12-4-2-1-3-5-12/h1-9,15-16,18H,10-11H2/t15-,16+,18-/m1/s1. The van der Waals surface area contributed by atoms with Crippen LogP contribution in [0, 0.1) is 5.92 Å². The first kappa shape index (κ1) is 17.1. The van der Waals surface area contributed by atoms with Crippen LogP contribution in [0.1, 0.15) is 23.0 Å². The molecular formula is C19H16F3NO3. The second-order valence-corrected chi connectivity index (χ2v) is 6.21. The van der Waals surface area contributed by atoms with Gasteiger partial charge in [-0.2, -0.15) is 13.2 Å². The highest BCUT2D eigenvalue weighted by atomic mass is 19.4. The van der Waals surface area contributed by atoms with E-state index in [0.29, 0.717) is 12.2 Å².